The van der Waals surface area contributed by atoms with Crippen molar-refractivity contribution >= 4 is 17.2 Å². The fourth-order valence-corrected chi connectivity index (χ4v) is 4.36. The fraction of sp³-hybridized carbons (Fsp3) is 0.600. The Morgan fingerprint density at radius 1 is 1.52 bits per heavy atom. The van der Waals surface area contributed by atoms with Crippen molar-refractivity contribution in [2.45, 2.75) is 45.4 Å². The maximum atomic E-state index is 12.9. The number of aryl methyl sites for hydroxylation is 2. The number of hydrogen-bond acceptors (Lipinski definition) is 6. The smallest absolute Gasteiger partial charge is 0.265 e. The zero-order valence-electron chi connectivity index (χ0n) is 13.2. The molecule has 0 bridgehead atoms. The SMILES string of the molecule is CCc1nc(C)sc1C(=O)N1CC[C@H]2OCc3cnnn3[C@H]2C1. The van der Waals surface area contributed by atoms with E-state index in [4.69, 9.17) is 4.74 Å². The average Bonchev–Trinajstić information content (AvgIpc) is 3.19. The molecule has 0 N–H and O–H groups in total. The van der Waals surface area contributed by atoms with Crippen molar-refractivity contribution in [2.24, 2.45) is 0 Å². The third-order valence-electron chi connectivity index (χ3n) is 4.55. The molecule has 2 aliphatic rings. The molecule has 2 atom stereocenters. The lowest BCUT2D eigenvalue weighted by Crippen LogP contribution is -2.49. The maximum Gasteiger partial charge on any atom is 0.265 e. The first kappa shape index (κ1) is 14.8. The first-order chi connectivity index (χ1) is 11.2. The summed E-state index contributed by atoms with van der Waals surface area (Å²) in [5.41, 5.74) is 1.88. The molecule has 1 fully saturated rings. The van der Waals surface area contributed by atoms with Crippen molar-refractivity contribution in [1.29, 1.82) is 0 Å². The molecule has 0 unspecified atom stereocenters. The molecular formula is C15H19N5O2S. The van der Waals surface area contributed by atoms with Crippen LogP contribution in [-0.2, 0) is 17.8 Å². The molecule has 0 saturated carbocycles. The highest BCUT2D eigenvalue weighted by Gasteiger charge is 2.38. The molecular weight excluding hydrogens is 314 g/mol. The van der Waals surface area contributed by atoms with Gasteiger partial charge in [0.05, 0.1) is 41.3 Å². The first-order valence-corrected chi connectivity index (χ1v) is 8.75. The van der Waals surface area contributed by atoms with E-state index < -0.39 is 0 Å². The van der Waals surface area contributed by atoms with Crippen LogP contribution >= 0.6 is 11.3 Å². The minimum atomic E-state index is 0.0537. The van der Waals surface area contributed by atoms with E-state index in [0.717, 1.165) is 34.1 Å². The number of carbonyl (C=O) groups is 1. The number of aromatic nitrogens is 4. The lowest BCUT2D eigenvalue weighted by molar-refractivity contribution is -0.0604. The number of carbonyl (C=O) groups excluding carboxylic acids is 1. The summed E-state index contributed by atoms with van der Waals surface area (Å²) in [6, 6.07) is 0.0537. The Labute approximate surface area is 138 Å². The van der Waals surface area contributed by atoms with Crippen LogP contribution in [0.3, 0.4) is 0 Å². The van der Waals surface area contributed by atoms with Gasteiger partial charge in [-0.05, 0) is 19.8 Å². The van der Waals surface area contributed by atoms with Gasteiger partial charge in [0.25, 0.3) is 5.91 Å². The third kappa shape index (κ3) is 2.46. The van der Waals surface area contributed by atoms with Crippen LogP contribution in [0.2, 0.25) is 0 Å². The Hall–Kier alpha value is -1.80. The van der Waals surface area contributed by atoms with Crippen LogP contribution in [0, 0.1) is 6.92 Å². The summed E-state index contributed by atoms with van der Waals surface area (Å²) in [6.45, 7) is 5.86. The van der Waals surface area contributed by atoms with Gasteiger partial charge in [-0.2, -0.15) is 0 Å². The zero-order valence-corrected chi connectivity index (χ0v) is 14.0. The molecule has 4 heterocycles. The van der Waals surface area contributed by atoms with Crippen molar-refractivity contribution in [3.8, 4) is 0 Å². The highest BCUT2D eigenvalue weighted by molar-refractivity contribution is 7.13. The number of rotatable bonds is 2. The normalized spacial score (nSPS) is 23.5. The molecule has 1 saturated heterocycles. The van der Waals surface area contributed by atoms with Crippen LogP contribution < -0.4 is 0 Å². The van der Waals surface area contributed by atoms with Crippen molar-refractivity contribution in [3.63, 3.8) is 0 Å². The van der Waals surface area contributed by atoms with Crippen molar-refractivity contribution in [2.75, 3.05) is 13.1 Å². The molecule has 0 spiro atoms. The maximum absolute atomic E-state index is 12.9. The summed E-state index contributed by atoms with van der Waals surface area (Å²) in [7, 11) is 0. The largest absolute Gasteiger partial charge is 0.370 e. The Bertz CT molecular complexity index is 740. The lowest BCUT2D eigenvalue weighted by atomic mass is 10.00. The summed E-state index contributed by atoms with van der Waals surface area (Å²) in [5, 5.41) is 9.10. The Balaban J connectivity index is 1.59. The van der Waals surface area contributed by atoms with Crippen LogP contribution in [0.4, 0.5) is 0 Å². The van der Waals surface area contributed by atoms with Crippen LogP contribution in [0.5, 0.6) is 0 Å². The molecule has 4 rings (SSSR count). The van der Waals surface area contributed by atoms with Gasteiger partial charge in [-0.3, -0.25) is 4.79 Å². The van der Waals surface area contributed by atoms with Crippen LogP contribution in [-0.4, -0.2) is 50.0 Å². The fourth-order valence-electron chi connectivity index (χ4n) is 3.38. The Morgan fingerprint density at radius 2 is 2.39 bits per heavy atom. The number of thiazole rings is 1. The highest BCUT2D eigenvalue weighted by atomic mass is 32.1. The Kier molecular flexibility index (Phi) is 3.65. The van der Waals surface area contributed by atoms with Gasteiger partial charge in [-0.15, -0.1) is 16.4 Å². The van der Waals surface area contributed by atoms with Gasteiger partial charge in [0.15, 0.2) is 0 Å². The summed E-state index contributed by atoms with van der Waals surface area (Å²) >= 11 is 1.49. The van der Waals surface area contributed by atoms with Crippen molar-refractivity contribution in [1.82, 2.24) is 24.9 Å². The van der Waals surface area contributed by atoms with E-state index in [9.17, 15) is 4.79 Å². The molecule has 23 heavy (non-hydrogen) atoms. The van der Waals surface area contributed by atoms with E-state index in [-0.39, 0.29) is 18.1 Å². The van der Waals surface area contributed by atoms with Crippen LogP contribution in [0.25, 0.3) is 0 Å². The predicted molar refractivity (Wildman–Crippen MR) is 84.4 cm³/mol. The second kappa shape index (κ2) is 5.68. The molecule has 1 amide bonds. The highest BCUT2D eigenvalue weighted by Crippen LogP contribution is 2.31. The number of ether oxygens (including phenoxy) is 1. The summed E-state index contributed by atoms with van der Waals surface area (Å²) < 4.78 is 7.82. The van der Waals surface area contributed by atoms with Gasteiger partial charge < -0.3 is 9.64 Å². The van der Waals surface area contributed by atoms with E-state index in [2.05, 4.69) is 15.3 Å². The molecule has 0 radical (unpaired) electrons. The average molecular weight is 333 g/mol. The number of fused-ring (bicyclic) bond motifs is 3. The third-order valence-corrected chi connectivity index (χ3v) is 5.55. The summed E-state index contributed by atoms with van der Waals surface area (Å²) in [5.74, 6) is 0.0816. The number of nitrogens with zero attached hydrogens (tertiary/aromatic N) is 5. The van der Waals surface area contributed by atoms with E-state index in [0.29, 0.717) is 19.7 Å². The number of amides is 1. The zero-order chi connectivity index (χ0) is 16.0. The molecule has 0 aliphatic carbocycles. The van der Waals surface area contributed by atoms with E-state index in [1.54, 1.807) is 6.20 Å². The quantitative estimate of drug-likeness (QED) is 0.834. The minimum Gasteiger partial charge on any atom is -0.370 e. The Morgan fingerprint density at radius 3 is 3.22 bits per heavy atom. The van der Waals surface area contributed by atoms with E-state index >= 15 is 0 Å². The van der Waals surface area contributed by atoms with Crippen LogP contribution in [0.1, 0.15) is 45.5 Å². The predicted octanol–water partition coefficient (Wildman–Crippen LogP) is 1.59. The molecule has 122 valence electrons. The van der Waals surface area contributed by atoms with E-state index in [1.807, 2.05) is 23.4 Å². The summed E-state index contributed by atoms with van der Waals surface area (Å²) in [4.78, 5) is 20.1. The van der Waals surface area contributed by atoms with Gasteiger partial charge in [-0.1, -0.05) is 12.1 Å². The second-order valence-corrected chi connectivity index (χ2v) is 7.19. The topological polar surface area (TPSA) is 73.1 Å². The minimum absolute atomic E-state index is 0.0537. The number of likely N-dealkylation sites (tertiary alicyclic amines) is 1. The molecule has 2 aliphatic heterocycles. The molecule has 2 aromatic heterocycles. The van der Waals surface area contributed by atoms with Gasteiger partial charge in [0, 0.05) is 13.1 Å². The number of hydrogen-bond donors (Lipinski definition) is 0. The second-order valence-electron chi connectivity index (χ2n) is 5.99. The van der Waals surface area contributed by atoms with Crippen LogP contribution in [0.15, 0.2) is 6.20 Å². The monoisotopic (exact) mass is 333 g/mol. The molecule has 7 nitrogen and oxygen atoms in total. The summed E-state index contributed by atoms with van der Waals surface area (Å²) in [6.07, 6.45) is 3.46. The standard InChI is InChI=1S/C15H19N5O2S/c1-3-11-14(23-9(2)17-11)15(21)19-5-4-13-12(7-19)20-10(8-22-13)6-16-18-20/h6,12-13H,3-5,7-8H2,1-2H3/t12-,13+/m0/s1. The molecule has 8 heteroatoms. The van der Waals surface area contributed by atoms with Gasteiger partial charge in [0.2, 0.25) is 0 Å². The van der Waals surface area contributed by atoms with Gasteiger partial charge in [0.1, 0.15) is 4.88 Å². The van der Waals surface area contributed by atoms with Crippen molar-refractivity contribution in [3.05, 3.63) is 27.5 Å². The molecule has 2 aromatic rings. The van der Waals surface area contributed by atoms with Gasteiger partial charge >= 0.3 is 0 Å². The van der Waals surface area contributed by atoms with Gasteiger partial charge in [-0.25, -0.2) is 9.67 Å². The van der Waals surface area contributed by atoms with E-state index in [1.165, 1.54) is 11.3 Å². The number of piperidine rings is 1. The van der Waals surface area contributed by atoms with Crippen molar-refractivity contribution < 1.29 is 9.53 Å². The molecule has 0 aromatic carbocycles. The lowest BCUT2D eigenvalue weighted by Gasteiger charge is -2.40. The first-order valence-electron chi connectivity index (χ1n) is 7.93.